The molecule has 2 amide bonds. The number of thioether (sulfide) groups is 1. The van der Waals surface area contributed by atoms with Crippen LogP contribution in [0.2, 0.25) is 10.0 Å². The molecule has 4 rings (SSSR count). The molecule has 29 heavy (non-hydrogen) atoms. The second-order valence-electron chi connectivity index (χ2n) is 6.22. The number of imide groups is 1. The van der Waals surface area contributed by atoms with Crippen LogP contribution in [0.4, 0.5) is 9.18 Å². The summed E-state index contributed by atoms with van der Waals surface area (Å²) in [4.78, 5) is 26.2. The molecule has 1 fully saturated rings. The first-order valence-electron chi connectivity index (χ1n) is 8.46. The second-order valence-corrected chi connectivity index (χ2v) is 8.06. The molecule has 146 valence electrons. The average Bonchev–Trinajstić information content (AvgIpc) is 3.24. The molecule has 0 spiro atoms. The Morgan fingerprint density at radius 2 is 1.79 bits per heavy atom. The Morgan fingerprint density at radius 1 is 1.03 bits per heavy atom. The van der Waals surface area contributed by atoms with Crippen LogP contribution >= 0.6 is 35.0 Å². The van der Waals surface area contributed by atoms with Gasteiger partial charge < -0.3 is 4.42 Å². The number of halogens is 3. The molecule has 1 saturated heterocycles. The summed E-state index contributed by atoms with van der Waals surface area (Å²) in [6.07, 6.45) is 1.52. The predicted octanol–water partition coefficient (Wildman–Crippen LogP) is 6.63. The number of benzene rings is 2. The second kappa shape index (κ2) is 8.06. The quantitative estimate of drug-likeness (QED) is 0.421. The third-order valence-corrected chi connectivity index (χ3v) is 5.68. The summed E-state index contributed by atoms with van der Waals surface area (Å²) in [5.41, 5.74) is 1.33. The lowest BCUT2D eigenvalue weighted by Gasteiger charge is -2.12. The van der Waals surface area contributed by atoms with Gasteiger partial charge in [0.1, 0.15) is 17.3 Å². The van der Waals surface area contributed by atoms with Crippen LogP contribution in [-0.4, -0.2) is 16.0 Å². The van der Waals surface area contributed by atoms with E-state index in [0.717, 1.165) is 16.7 Å². The van der Waals surface area contributed by atoms with Crippen LogP contribution < -0.4 is 0 Å². The number of furan rings is 1. The van der Waals surface area contributed by atoms with Crippen LogP contribution in [0.25, 0.3) is 17.4 Å². The van der Waals surface area contributed by atoms with E-state index >= 15 is 0 Å². The highest BCUT2D eigenvalue weighted by Crippen LogP contribution is 2.35. The van der Waals surface area contributed by atoms with Gasteiger partial charge in [-0.2, -0.15) is 0 Å². The molecule has 0 radical (unpaired) electrons. The highest BCUT2D eigenvalue weighted by molar-refractivity contribution is 8.18. The molecule has 0 atom stereocenters. The van der Waals surface area contributed by atoms with E-state index in [4.69, 9.17) is 27.6 Å². The molecular weight excluding hydrogens is 436 g/mol. The smallest absolute Gasteiger partial charge is 0.293 e. The molecule has 2 heterocycles. The maximum absolute atomic E-state index is 13.0. The Kier molecular flexibility index (Phi) is 5.50. The van der Waals surface area contributed by atoms with Crippen LogP contribution in [0.15, 0.2) is 63.9 Å². The summed E-state index contributed by atoms with van der Waals surface area (Å²) in [6.45, 7) is 0.0755. The van der Waals surface area contributed by atoms with E-state index in [0.29, 0.717) is 32.7 Å². The fraction of sp³-hybridized carbons (Fsp3) is 0.0476. The molecule has 0 aliphatic carbocycles. The lowest BCUT2D eigenvalue weighted by molar-refractivity contribution is -0.123. The molecule has 3 aromatic rings. The van der Waals surface area contributed by atoms with Gasteiger partial charge >= 0.3 is 0 Å². The summed E-state index contributed by atoms with van der Waals surface area (Å²) in [5, 5.41) is 0.566. The van der Waals surface area contributed by atoms with Crippen molar-refractivity contribution in [1.29, 1.82) is 0 Å². The number of amides is 2. The van der Waals surface area contributed by atoms with Gasteiger partial charge in [-0.25, -0.2) is 4.39 Å². The lowest BCUT2D eigenvalue weighted by Crippen LogP contribution is -2.27. The van der Waals surface area contributed by atoms with Crippen molar-refractivity contribution in [2.24, 2.45) is 0 Å². The van der Waals surface area contributed by atoms with Crippen LogP contribution in [-0.2, 0) is 11.3 Å². The van der Waals surface area contributed by atoms with Crippen LogP contribution in [0.3, 0.4) is 0 Å². The number of hydrogen-bond donors (Lipinski definition) is 0. The summed E-state index contributed by atoms with van der Waals surface area (Å²) >= 11 is 12.9. The molecule has 8 heteroatoms. The number of rotatable bonds is 4. The summed E-state index contributed by atoms with van der Waals surface area (Å²) in [5.74, 6) is 0.130. The number of nitrogens with zero attached hydrogens (tertiary/aromatic N) is 1. The van der Waals surface area contributed by atoms with Crippen molar-refractivity contribution in [2.45, 2.75) is 6.54 Å². The molecule has 2 aromatic carbocycles. The molecule has 1 aliphatic rings. The Morgan fingerprint density at radius 3 is 2.52 bits per heavy atom. The summed E-state index contributed by atoms with van der Waals surface area (Å²) in [6, 6.07) is 14.1. The first kappa shape index (κ1) is 19.8. The molecular formula is C21H12Cl2FNO3S. The van der Waals surface area contributed by atoms with Crippen LogP contribution in [0.1, 0.15) is 11.3 Å². The summed E-state index contributed by atoms with van der Waals surface area (Å²) < 4.78 is 18.8. The zero-order valence-corrected chi connectivity index (χ0v) is 17.0. The standard InChI is InChI=1S/C21H12Cl2FNO3S/c22-13-3-7-16(17(23)9-13)18-8-6-15(28-18)10-19-20(26)25(21(27)29-19)11-12-1-4-14(24)5-2-12/h1-10H,11H2/b19-10+. The Hall–Kier alpha value is -2.54. The zero-order valence-electron chi connectivity index (χ0n) is 14.7. The third-order valence-electron chi connectivity index (χ3n) is 4.22. The van der Waals surface area contributed by atoms with Crippen LogP contribution in [0, 0.1) is 5.82 Å². The van der Waals surface area contributed by atoms with Gasteiger partial charge in [-0.3, -0.25) is 14.5 Å². The van der Waals surface area contributed by atoms with Gasteiger partial charge in [0.2, 0.25) is 0 Å². The summed E-state index contributed by atoms with van der Waals surface area (Å²) in [7, 11) is 0. The number of carbonyl (C=O) groups excluding carboxylic acids is 2. The first-order valence-corrected chi connectivity index (χ1v) is 10.0. The van der Waals surface area contributed by atoms with Gasteiger partial charge in [0.15, 0.2) is 0 Å². The fourth-order valence-electron chi connectivity index (χ4n) is 2.80. The molecule has 4 nitrogen and oxygen atoms in total. The lowest BCUT2D eigenvalue weighted by atomic mass is 10.2. The third kappa shape index (κ3) is 4.24. The van der Waals surface area contributed by atoms with Gasteiger partial charge in [0.05, 0.1) is 16.5 Å². The Labute approximate surface area is 179 Å². The zero-order chi connectivity index (χ0) is 20.5. The largest absolute Gasteiger partial charge is 0.457 e. The minimum Gasteiger partial charge on any atom is -0.457 e. The molecule has 1 aromatic heterocycles. The van der Waals surface area contributed by atoms with Gasteiger partial charge in [-0.15, -0.1) is 0 Å². The van der Waals surface area contributed by atoms with Crippen molar-refractivity contribution in [3.05, 3.63) is 86.7 Å². The Balaban J connectivity index is 1.54. The SMILES string of the molecule is O=C1S/C(=C/c2ccc(-c3ccc(Cl)cc3Cl)o2)C(=O)N1Cc1ccc(F)cc1. The molecule has 0 saturated carbocycles. The maximum Gasteiger partial charge on any atom is 0.293 e. The first-order chi connectivity index (χ1) is 13.9. The molecule has 0 bridgehead atoms. The van der Waals surface area contributed by atoms with Crippen molar-refractivity contribution in [2.75, 3.05) is 0 Å². The van der Waals surface area contributed by atoms with E-state index in [1.807, 2.05) is 0 Å². The predicted molar refractivity (Wildman–Crippen MR) is 112 cm³/mol. The minimum absolute atomic E-state index is 0.0755. The van der Waals surface area contributed by atoms with Crippen molar-refractivity contribution < 1.29 is 18.4 Å². The Bertz CT molecular complexity index is 1140. The monoisotopic (exact) mass is 447 g/mol. The van der Waals surface area contributed by atoms with Gasteiger partial charge in [-0.05, 0) is 59.8 Å². The number of carbonyl (C=O) groups is 2. The van der Waals surface area contributed by atoms with Gasteiger partial charge in [0.25, 0.3) is 11.1 Å². The van der Waals surface area contributed by atoms with Crippen molar-refractivity contribution in [3.8, 4) is 11.3 Å². The van der Waals surface area contributed by atoms with E-state index in [1.165, 1.54) is 30.3 Å². The van der Waals surface area contributed by atoms with E-state index in [2.05, 4.69) is 0 Å². The van der Waals surface area contributed by atoms with E-state index in [9.17, 15) is 14.0 Å². The molecule has 0 N–H and O–H groups in total. The average molecular weight is 448 g/mol. The van der Waals surface area contributed by atoms with Gasteiger partial charge in [-0.1, -0.05) is 35.3 Å². The molecule has 1 aliphatic heterocycles. The van der Waals surface area contributed by atoms with Crippen LogP contribution in [0.5, 0.6) is 0 Å². The van der Waals surface area contributed by atoms with Crippen molar-refractivity contribution >= 4 is 52.2 Å². The van der Waals surface area contributed by atoms with E-state index < -0.39 is 11.1 Å². The normalized spacial score (nSPS) is 15.6. The topological polar surface area (TPSA) is 50.5 Å². The van der Waals surface area contributed by atoms with E-state index in [-0.39, 0.29) is 17.3 Å². The highest BCUT2D eigenvalue weighted by Gasteiger charge is 2.35. The maximum atomic E-state index is 13.0. The van der Waals surface area contributed by atoms with Crippen molar-refractivity contribution in [3.63, 3.8) is 0 Å². The van der Waals surface area contributed by atoms with Gasteiger partial charge in [0, 0.05) is 16.7 Å². The fourth-order valence-corrected chi connectivity index (χ4v) is 4.12. The van der Waals surface area contributed by atoms with E-state index in [1.54, 1.807) is 30.3 Å². The highest BCUT2D eigenvalue weighted by atomic mass is 35.5. The van der Waals surface area contributed by atoms with Crippen molar-refractivity contribution in [1.82, 2.24) is 4.90 Å². The molecule has 0 unspecified atom stereocenters. The minimum atomic E-state index is -0.424. The number of hydrogen-bond acceptors (Lipinski definition) is 4.